The number of nitrogens with one attached hydrogen (secondary N) is 1. The van der Waals surface area contributed by atoms with Crippen LogP contribution in [-0.2, 0) is 0 Å². The van der Waals surface area contributed by atoms with E-state index in [1.165, 1.54) is 6.42 Å². The van der Waals surface area contributed by atoms with Gasteiger partial charge in [0.1, 0.15) is 5.69 Å². The molecule has 7 nitrogen and oxygen atoms in total. The Morgan fingerprint density at radius 3 is 2.75 bits per heavy atom. The summed E-state index contributed by atoms with van der Waals surface area (Å²) < 4.78 is 0. The molecule has 2 rings (SSSR count). The van der Waals surface area contributed by atoms with Gasteiger partial charge in [0.15, 0.2) is 0 Å². The minimum Gasteiger partial charge on any atom is -0.368 e. The van der Waals surface area contributed by atoms with Crippen LogP contribution in [0.5, 0.6) is 0 Å². The average molecular weight is 279 g/mol. The number of nitrogens with zero attached hydrogens (tertiary/aromatic N) is 3. The van der Waals surface area contributed by atoms with E-state index >= 15 is 0 Å². The molecular formula is C13H21N5O2. The minimum absolute atomic E-state index is 0.0689. The van der Waals surface area contributed by atoms with Crippen LogP contribution in [0.1, 0.15) is 44.7 Å². The van der Waals surface area contributed by atoms with Crippen LogP contribution in [0.25, 0.3) is 0 Å². The van der Waals surface area contributed by atoms with E-state index in [1.54, 1.807) is 6.92 Å². The number of rotatable bonds is 4. The van der Waals surface area contributed by atoms with E-state index in [0.717, 1.165) is 25.7 Å². The lowest BCUT2D eigenvalue weighted by Crippen LogP contribution is -2.32. The first-order chi connectivity index (χ1) is 9.52. The zero-order valence-electron chi connectivity index (χ0n) is 11.9. The first-order valence-electron chi connectivity index (χ1n) is 7.08. The molecule has 0 radical (unpaired) electrons. The molecule has 2 unspecified atom stereocenters. The van der Waals surface area contributed by atoms with Crippen LogP contribution in [0.3, 0.4) is 0 Å². The molecule has 20 heavy (non-hydrogen) atoms. The fourth-order valence-electron chi connectivity index (χ4n) is 2.97. The molecule has 0 bridgehead atoms. The van der Waals surface area contributed by atoms with Crippen molar-refractivity contribution >= 4 is 17.5 Å². The van der Waals surface area contributed by atoms with Crippen molar-refractivity contribution in [2.75, 3.05) is 11.1 Å². The number of nitro groups is 1. The number of nitrogens with two attached hydrogens (primary N) is 1. The second kappa shape index (κ2) is 6.02. The molecule has 0 aromatic carbocycles. The van der Waals surface area contributed by atoms with Gasteiger partial charge in [0, 0.05) is 6.04 Å². The molecule has 1 aliphatic rings. The maximum Gasteiger partial charge on any atom is 0.332 e. The quantitative estimate of drug-likeness (QED) is 0.648. The molecule has 1 heterocycles. The molecule has 0 spiro atoms. The van der Waals surface area contributed by atoms with Crippen molar-refractivity contribution < 1.29 is 4.92 Å². The Morgan fingerprint density at radius 2 is 2.10 bits per heavy atom. The predicted molar refractivity (Wildman–Crippen MR) is 77.5 cm³/mol. The molecule has 3 N–H and O–H groups in total. The van der Waals surface area contributed by atoms with Gasteiger partial charge in [-0.3, -0.25) is 10.1 Å². The predicted octanol–water partition coefficient (Wildman–Crippen LogP) is 2.66. The van der Waals surface area contributed by atoms with Crippen molar-refractivity contribution in [2.24, 2.45) is 5.92 Å². The fraction of sp³-hybridized carbons (Fsp3) is 0.692. The average Bonchev–Trinajstić information content (AvgIpc) is 2.38. The highest BCUT2D eigenvalue weighted by Crippen LogP contribution is 2.32. The molecule has 2 atom stereocenters. The first-order valence-corrected chi connectivity index (χ1v) is 7.08. The standard InChI is InChI=1S/C13H21N5O2/c1-3-9-6-4-5-7-10(9)16-12-11(18(19)20)8(2)15-13(14)17-12/h9-10H,3-7H2,1-2H3,(H3,14,15,16,17). The van der Waals surface area contributed by atoms with E-state index in [2.05, 4.69) is 22.2 Å². The molecule has 1 fully saturated rings. The molecule has 1 aromatic heterocycles. The molecule has 110 valence electrons. The topological polar surface area (TPSA) is 107 Å². The highest BCUT2D eigenvalue weighted by molar-refractivity contribution is 5.60. The summed E-state index contributed by atoms with van der Waals surface area (Å²) in [5.74, 6) is 0.852. The van der Waals surface area contributed by atoms with E-state index in [1.807, 2.05) is 0 Å². The van der Waals surface area contributed by atoms with Gasteiger partial charge >= 0.3 is 5.69 Å². The number of hydrogen-bond acceptors (Lipinski definition) is 6. The van der Waals surface area contributed by atoms with E-state index < -0.39 is 4.92 Å². The highest BCUT2D eigenvalue weighted by Gasteiger charge is 2.28. The summed E-state index contributed by atoms with van der Waals surface area (Å²) in [7, 11) is 0. The van der Waals surface area contributed by atoms with Crippen molar-refractivity contribution in [2.45, 2.75) is 52.0 Å². The summed E-state index contributed by atoms with van der Waals surface area (Å²) >= 11 is 0. The summed E-state index contributed by atoms with van der Waals surface area (Å²) in [5, 5.41) is 14.4. The summed E-state index contributed by atoms with van der Waals surface area (Å²) in [4.78, 5) is 18.7. The van der Waals surface area contributed by atoms with Crippen LogP contribution >= 0.6 is 0 Å². The Morgan fingerprint density at radius 1 is 1.40 bits per heavy atom. The van der Waals surface area contributed by atoms with Gasteiger partial charge in [-0.1, -0.05) is 26.2 Å². The molecule has 0 amide bonds. The van der Waals surface area contributed by atoms with Gasteiger partial charge < -0.3 is 11.1 Å². The number of aromatic nitrogens is 2. The van der Waals surface area contributed by atoms with Crippen LogP contribution in [0, 0.1) is 23.0 Å². The smallest absolute Gasteiger partial charge is 0.332 e. The summed E-state index contributed by atoms with van der Waals surface area (Å²) in [6, 6.07) is 0.223. The van der Waals surface area contributed by atoms with E-state index in [-0.39, 0.29) is 23.5 Å². The molecule has 0 saturated heterocycles. The zero-order chi connectivity index (χ0) is 14.7. The van der Waals surface area contributed by atoms with Gasteiger partial charge in [-0.05, 0) is 25.7 Å². The maximum absolute atomic E-state index is 11.2. The van der Waals surface area contributed by atoms with Crippen molar-refractivity contribution in [3.05, 3.63) is 15.8 Å². The molecule has 7 heteroatoms. The minimum atomic E-state index is -0.444. The first kappa shape index (κ1) is 14.5. The highest BCUT2D eigenvalue weighted by atomic mass is 16.6. The monoisotopic (exact) mass is 279 g/mol. The largest absolute Gasteiger partial charge is 0.368 e. The number of nitrogen functional groups attached to an aromatic ring is 1. The van der Waals surface area contributed by atoms with Gasteiger partial charge in [-0.2, -0.15) is 4.98 Å². The van der Waals surface area contributed by atoms with Crippen LogP contribution in [0.15, 0.2) is 0 Å². The van der Waals surface area contributed by atoms with Gasteiger partial charge in [-0.25, -0.2) is 4.98 Å². The third-order valence-electron chi connectivity index (χ3n) is 4.01. The van der Waals surface area contributed by atoms with E-state index in [0.29, 0.717) is 11.6 Å². The number of hydrogen-bond donors (Lipinski definition) is 2. The molecule has 1 saturated carbocycles. The maximum atomic E-state index is 11.2. The Bertz CT molecular complexity index is 506. The second-order valence-electron chi connectivity index (χ2n) is 5.33. The van der Waals surface area contributed by atoms with E-state index in [9.17, 15) is 10.1 Å². The molecule has 1 aliphatic carbocycles. The SMILES string of the molecule is CCC1CCCCC1Nc1nc(N)nc(C)c1[N+](=O)[O-]. The lowest BCUT2D eigenvalue weighted by Gasteiger charge is -2.31. The van der Waals surface area contributed by atoms with Crippen LogP contribution in [0.4, 0.5) is 17.5 Å². The van der Waals surface area contributed by atoms with Gasteiger partial charge in [0.2, 0.25) is 11.8 Å². The number of anilines is 2. The summed E-state index contributed by atoms with van der Waals surface area (Å²) in [6.07, 6.45) is 5.59. The normalized spacial score (nSPS) is 22.5. The van der Waals surface area contributed by atoms with E-state index in [4.69, 9.17) is 5.73 Å². The third kappa shape index (κ3) is 2.97. The van der Waals surface area contributed by atoms with Crippen molar-refractivity contribution in [1.82, 2.24) is 9.97 Å². The van der Waals surface area contributed by atoms with Crippen molar-refractivity contribution in [1.29, 1.82) is 0 Å². The van der Waals surface area contributed by atoms with Gasteiger partial charge in [0.05, 0.1) is 4.92 Å². The van der Waals surface area contributed by atoms with Gasteiger partial charge in [-0.15, -0.1) is 0 Å². The second-order valence-corrected chi connectivity index (χ2v) is 5.33. The van der Waals surface area contributed by atoms with Crippen LogP contribution in [0.2, 0.25) is 0 Å². The zero-order valence-corrected chi connectivity index (χ0v) is 11.9. The Balaban J connectivity index is 2.30. The fourth-order valence-corrected chi connectivity index (χ4v) is 2.97. The van der Waals surface area contributed by atoms with Crippen LogP contribution in [-0.4, -0.2) is 20.9 Å². The van der Waals surface area contributed by atoms with Crippen molar-refractivity contribution in [3.63, 3.8) is 0 Å². The molecule has 0 aliphatic heterocycles. The molecular weight excluding hydrogens is 258 g/mol. The Kier molecular flexibility index (Phi) is 4.36. The lowest BCUT2D eigenvalue weighted by atomic mass is 9.83. The Hall–Kier alpha value is -1.92. The third-order valence-corrected chi connectivity index (χ3v) is 4.01. The Labute approximate surface area is 118 Å². The van der Waals surface area contributed by atoms with Gasteiger partial charge in [0.25, 0.3) is 0 Å². The molecule has 1 aromatic rings. The lowest BCUT2D eigenvalue weighted by molar-refractivity contribution is -0.385. The number of aryl methyl sites for hydroxylation is 1. The van der Waals surface area contributed by atoms with Crippen LogP contribution < -0.4 is 11.1 Å². The summed E-state index contributed by atoms with van der Waals surface area (Å²) in [6.45, 7) is 3.73. The van der Waals surface area contributed by atoms with Crippen molar-refractivity contribution in [3.8, 4) is 0 Å². The summed E-state index contributed by atoms with van der Waals surface area (Å²) in [5.41, 5.74) is 5.85.